The summed E-state index contributed by atoms with van der Waals surface area (Å²) >= 11 is 3.35. The van der Waals surface area contributed by atoms with Gasteiger partial charge in [0.2, 0.25) is 11.8 Å². The summed E-state index contributed by atoms with van der Waals surface area (Å²) in [4.78, 5) is 22.9. The highest BCUT2D eigenvalue weighted by Gasteiger charge is 2.08. The molecule has 0 saturated carbocycles. The first-order chi connectivity index (χ1) is 9.95. The molecule has 0 radical (unpaired) electrons. The lowest BCUT2D eigenvalue weighted by Crippen LogP contribution is -2.20. The molecule has 7 heteroatoms. The van der Waals surface area contributed by atoms with Crippen molar-refractivity contribution in [2.45, 2.75) is 20.4 Å². The molecule has 0 unspecified atom stereocenters. The summed E-state index contributed by atoms with van der Waals surface area (Å²) in [6, 6.07) is 6.92. The van der Waals surface area contributed by atoms with Gasteiger partial charge in [0.15, 0.2) is 0 Å². The van der Waals surface area contributed by atoms with Crippen molar-refractivity contribution in [3.63, 3.8) is 0 Å². The second-order valence-electron chi connectivity index (χ2n) is 4.54. The Morgan fingerprint density at radius 3 is 2.24 bits per heavy atom. The minimum absolute atomic E-state index is 0.133. The molecule has 0 aliphatic rings. The molecule has 2 amide bonds. The average Bonchev–Trinajstić information content (AvgIpc) is 2.72. The van der Waals surface area contributed by atoms with Gasteiger partial charge < -0.3 is 10.6 Å². The van der Waals surface area contributed by atoms with E-state index >= 15 is 0 Å². The first kappa shape index (κ1) is 15.2. The maximum Gasteiger partial charge on any atom is 0.246 e. The largest absolute Gasteiger partial charge is 0.326 e. The summed E-state index contributed by atoms with van der Waals surface area (Å²) in [6.45, 7) is 3.47. The van der Waals surface area contributed by atoms with Gasteiger partial charge in [-0.25, -0.2) is 0 Å². The molecule has 0 saturated heterocycles. The van der Waals surface area contributed by atoms with Crippen LogP contribution < -0.4 is 10.6 Å². The molecule has 0 aliphatic heterocycles. The molecule has 2 N–H and O–H groups in total. The van der Waals surface area contributed by atoms with E-state index < -0.39 is 0 Å². The van der Waals surface area contributed by atoms with E-state index in [2.05, 4.69) is 31.7 Å². The van der Waals surface area contributed by atoms with E-state index in [9.17, 15) is 9.59 Å². The molecule has 0 atom stereocenters. The molecule has 6 nitrogen and oxygen atoms in total. The maximum atomic E-state index is 11.9. The number of amides is 2. The van der Waals surface area contributed by atoms with Gasteiger partial charge >= 0.3 is 0 Å². The van der Waals surface area contributed by atoms with Crippen molar-refractivity contribution in [2.75, 3.05) is 10.6 Å². The Bertz CT molecular complexity index is 664. The Kier molecular flexibility index (Phi) is 4.74. The van der Waals surface area contributed by atoms with Crippen molar-refractivity contribution in [3.8, 4) is 0 Å². The third kappa shape index (κ3) is 4.16. The molecular formula is C14H15BrN4O2. The zero-order chi connectivity index (χ0) is 15.4. The quantitative estimate of drug-likeness (QED) is 0.889. The second-order valence-corrected chi connectivity index (χ2v) is 5.40. The van der Waals surface area contributed by atoms with Crippen LogP contribution in [-0.4, -0.2) is 21.6 Å². The van der Waals surface area contributed by atoms with Crippen LogP contribution in [-0.2, 0) is 16.1 Å². The van der Waals surface area contributed by atoms with Gasteiger partial charge in [-0.3, -0.25) is 14.3 Å². The van der Waals surface area contributed by atoms with Crippen LogP contribution >= 0.6 is 15.9 Å². The molecule has 2 aromatic rings. The Balaban J connectivity index is 1.96. The van der Waals surface area contributed by atoms with Crippen LogP contribution in [0.25, 0.3) is 0 Å². The lowest BCUT2D eigenvalue weighted by molar-refractivity contribution is -0.117. The number of nitrogens with one attached hydrogen (secondary N) is 2. The highest BCUT2D eigenvalue weighted by Crippen LogP contribution is 2.15. The third-order valence-corrected chi connectivity index (χ3v) is 3.60. The SMILES string of the molecule is CC(=O)Nc1ccc(NC(=O)Cn2ncc(Br)c2C)cc1. The normalized spacial score (nSPS) is 10.2. The minimum atomic E-state index is -0.166. The summed E-state index contributed by atoms with van der Waals surface area (Å²) in [7, 11) is 0. The fourth-order valence-corrected chi connectivity index (χ4v) is 2.06. The maximum absolute atomic E-state index is 11.9. The van der Waals surface area contributed by atoms with Gasteiger partial charge in [-0.2, -0.15) is 5.10 Å². The van der Waals surface area contributed by atoms with E-state index in [-0.39, 0.29) is 18.4 Å². The third-order valence-electron chi connectivity index (χ3n) is 2.83. The number of anilines is 2. The Morgan fingerprint density at radius 1 is 1.19 bits per heavy atom. The monoisotopic (exact) mass is 350 g/mol. The summed E-state index contributed by atoms with van der Waals surface area (Å²) < 4.78 is 2.49. The Hall–Kier alpha value is -2.15. The minimum Gasteiger partial charge on any atom is -0.326 e. The number of hydrogen-bond acceptors (Lipinski definition) is 3. The van der Waals surface area contributed by atoms with E-state index in [1.165, 1.54) is 6.92 Å². The first-order valence-electron chi connectivity index (χ1n) is 6.31. The average molecular weight is 351 g/mol. The van der Waals surface area contributed by atoms with Gasteiger partial charge in [0.1, 0.15) is 6.54 Å². The van der Waals surface area contributed by atoms with Crippen LogP contribution in [0.3, 0.4) is 0 Å². The Labute approximate surface area is 130 Å². The number of hydrogen-bond donors (Lipinski definition) is 2. The van der Waals surface area contributed by atoms with Crippen molar-refractivity contribution in [2.24, 2.45) is 0 Å². The molecule has 1 aromatic carbocycles. The van der Waals surface area contributed by atoms with Crippen molar-refractivity contribution in [1.82, 2.24) is 9.78 Å². The van der Waals surface area contributed by atoms with Gasteiger partial charge in [-0.15, -0.1) is 0 Å². The molecule has 0 fully saturated rings. The first-order valence-corrected chi connectivity index (χ1v) is 7.10. The van der Waals surface area contributed by atoms with Crippen LogP contribution in [0.4, 0.5) is 11.4 Å². The van der Waals surface area contributed by atoms with Crippen LogP contribution in [0.1, 0.15) is 12.6 Å². The highest BCUT2D eigenvalue weighted by atomic mass is 79.9. The summed E-state index contributed by atoms with van der Waals surface area (Å²) in [5.74, 6) is -0.299. The van der Waals surface area contributed by atoms with Crippen LogP contribution in [0, 0.1) is 6.92 Å². The van der Waals surface area contributed by atoms with Crippen molar-refractivity contribution in [3.05, 3.63) is 40.6 Å². The van der Waals surface area contributed by atoms with Gasteiger partial charge in [0.25, 0.3) is 0 Å². The van der Waals surface area contributed by atoms with Crippen LogP contribution in [0.15, 0.2) is 34.9 Å². The van der Waals surface area contributed by atoms with Crippen molar-refractivity contribution in [1.29, 1.82) is 0 Å². The zero-order valence-electron chi connectivity index (χ0n) is 11.7. The van der Waals surface area contributed by atoms with E-state index in [0.29, 0.717) is 11.4 Å². The highest BCUT2D eigenvalue weighted by molar-refractivity contribution is 9.10. The molecular weight excluding hydrogens is 336 g/mol. The molecule has 0 bridgehead atoms. The number of aromatic nitrogens is 2. The van der Waals surface area contributed by atoms with E-state index in [1.807, 2.05) is 6.92 Å². The number of nitrogens with zero attached hydrogens (tertiary/aromatic N) is 2. The van der Waals surface area contributed by atoms with Gasteiger partial charge in [0.05, 0.1) is 16.4 Å². The number of benzene rings is 1. The molecule has 1 heterocycles. The number of carbonyl (C=O) groups is 2. The van der Waals surface area contributed by atoms with E-state index in [0.717, 1.165) is 10.2 Å². The van der Waals surface area contributed by atoms with Crippen molar-refractivity contribution < 1.29 is 9.59 Å². The second kappa shape index (κ2) is 6.53. The number of rotatable bonds is 4. The zero-order valence-corrected chi connectivity index (χ0v) is 13.3. The number of carbonyl (C=O) groups excluding carboxylic acids is 2. The van der Waals surface area contributed by atoms with Crippen molar-refractivity contribution >= 4 is 39.1 Å². The smallest absolute Gasteiger partial charge is 0.246 e. The standard InChI is InChI=1S/C14H15BrN4O2/c1-9-13(15)7-16-19(9)8-14(21)18-12-5-3-11(4-6-12)17-10(2)20/h3-7H,8H2,1-2H3,(H,17,20)(H,18,21). The fourth-order valence-electron chi connectivity index (χ4n) is 1.76. The molecule has 2 rings (SSSR count). The summed E-state index contributed by atoms with van der Waals surface area (Å²) in [5, 5.41) is 9.55. The Morgan fingerprint density at radius 2 is 1.76 bits per heavy atom. The summed E-state index contributed by atoms with van der Waals surface area (Å²) in [5.41, 5.74) is 2.25. The van der Waals surface area contributed by atoms with Gasteiger partial charge in [-0.1, -0.05) is 0 Å². The van der Waals surface area contributed by atoms with E-state index in [1.54, 1.807) is 35.1 Å². The van der Waals surface area contributed by atoms with Gasteiger partial charge in [-0.05, 0) is 47.1 Å². The fraction of sp³-hybridized carbons (Fsp3) is 0.214. The lowest BCUT2D eigenvalue weighted by Gasteiger charge is -2.08. The predicted molar refractivity (Wildman–Crippen MR) is 84.0 cm³/mol. The van der Waals surface area contributed by atoms with Crippen LogP contribution in [0.5, 0.6) is 0 Å². The summed E-state index contributed by atoms with van der Waals surface area (Å²) in [6.07, 6.45) is 1.66. The molecule has 110 valence electrons. The number of halogens is 1. The topological polar surface area (TPSA) is 76.0 Å². The molecule has 0 spiro atoms. The molecule has 0 aliphatic carbocycles. The molecule has 1 aromatic heterocycles. The lowest BCUT2D eigenvalue weighted by atomic mass is 10.2. The van der Waals surface area contributed by atoms with E-state index in [4.69, 9.17) is 0 Å². The predicted octanol–water partition coefficient (Wildman–Crippen LogP) is 2.55. The van der Waals surface area contributed by atoms with Crippen LogP contribution in [0.2, 0.25) is 0 Å². The molecule has 21 heavy (non-hydrogen) atoms. The van der Waals surface area contributed by atoms with Gasteiger partial charge in [0, 0.05) is 18.3 Å².